The molecule has 0 aliphatic carbocycles. The fraction of sp³-hybridized carbons (Fsp3) is 0.0265. The summed E-state index contributed by atoms with van der Waals surface area (Å²) in [6.07, 6.45) is 0. The fourth-order valence-electron chi connectivity index (χ4n) is 15.7. The molecule has 0 unspecified atom stereocenters. The highest BCUT2D eigenvalue weighted by Gasteiger charge is 2.19. The molecule has 19 aromatic carbocycles. The van der Waals surface area contributed by atoms with Crippen LogP contribution in [0.4, 0.5) is 85.3 Å². The minimum absolute atomic E-state index is 1.13. The average Bonchev–Trinajstić information content (AvgIpc) is 0.757. The molecule has 572 valence electrons. The van der Waals surface area contributed by atoms with Crippen LogP contribution in [0, 0.1) is 0 Å². The summed E-state index contributed by atoms with van der Waals surface area (Å²) in [5.74, 6) is 0. The van der Waals surface area contributed by atoms with Crippen molar-refractivity contribution in [2.24, 2.45) is 0 Å². The number of anilines is 15. The summed E-state index contributed by atoms with van der Waals surface area (Å²) in [6, 6.07) is 174. The molecule has 19 aromatic rings. The first-order valence-corrected chi connectivity index (χ1v) is 40.5. The summed E-state index contributed by atoms with van der Waals surface area (Å²) in [4.78, 5) is 13.6. The van der Waals surface area contributed by atoms with Crippen molar-refractivity contribution in [3.05, 3.63) is 491 Å². The second-order valence-electron chi connectivity index (χ2n) is 29.5. The molecule has 0 heterocycles. The van der Waals surface area contributed by atoms with Gasteiger partial charge in [-0.3, -0.25) is 0 Å². The van der Waals surface area contributed by atoms with Crippen LogP contribution in [0.2, 0.25) is 0 Å². The Morgan fingerprint density at radius 1 is 0.126 bits per heavy atom. The van der Waals surface area contributed by atoms with E-state index in [-0.39, 0.29) is 0 Å². The summed E-state index contributed by atoms with van der Waals surface area (Å²) in [5.41, 5.74) is 29.3. The van der Waals surface area contributed by atoms with E-state index in [1.807, 2.05) is 6.07 Å². The van der Waals surface area contributed by atoms with Crippen LogP contribution in [0.5, 0.6) is 0 Å². The summed E-state index contributed by atoms with van der Waals surface area (Å²) >= 11 is 0. The van der Waals surface area contributed by atoms with Gasteiger partial charge in [-0.2, -0.15) is 0 Å². The second kappa shape index (κ2) is 36.3. The number of hydrogen-bond donors (Lipinski definition) is 0. The van der Waals surface area contributed by atoms with Gasteiger partial charge >= 0.3 is 0 Å². The van der Waals surface area contributed by atoms with Gasteiger partial charge in [-0.05, 0) is 242 Å². The molecule has 0 spiro atoms. The van der Waals surface area contributed by atoms with Crippen LogP contribution in [0.1, 0.15) is 0 Å². The van der Waals surface area contributed by atoms with Gasteiger partial charge in [0.25, 0.3) is 0 Å². The first-order chi connectivity index (χ1) is 58.8. The molecule has 19 rings (SSSR count). The highest BCUT2D eigenvalue weighted by atomic mass is 15.2. The molecule has 0 aliphatic rings. The van der Waals surface area contributed by atoms with E-state index in [0.717, 1.165) is 79.6 Å². The smallest absolute Gasteiger partial charge is 0.0567 e. The molecular formula is C113H90N6. The SMILES string of the molecule is CN(c1ccc(-c2ccc(N(c3ccccc3)c3ccccc3)cc2)cc1)c1c2ccccc2cc2ccccc12.CN(c1ccc(-c2ccc(N(c3ccccc3)c3ccccc3)cc2)cc1)c1cccc(-c2ccccc2)c1.CN(c1ccc(-c2ccccc2)cc1)c1ccc(-c2ccc(N(c3ccccc3)c3ccccc3)cc2)cc1. The Balaban J connectivity index is 0.000000128. The molecule has 0 fully saturated rings. The van der Waals surface area contributed by atoms with Crippen LogP contribution in [0.15, 0.2) is 491 Å². The van der Waals surface area contributed by atoms with Crippen molar-refractivity contribution in [1.82, 2.24) is 0 Å². The Kier molecular flexibility index (Phi) is 23.2. The van der Waals surface area contributed by atoms with E-state index in [0.29, 0.717) is 0 Å². The first kappa shape index (κ1) is 76.1. The average molecular weight is 1530 g/mol. The maximum atomic E-state index is 2.31. The molecule has 0 aromatic heterocycles. The molecule has 0 aliphatic heterocycles. The summed E-state index contributed by atoms with van der Waals surface area (Å²) < 4.78 is 0. The summed E-state index contributed by atoms with van der Waals surface area (Å²) in [7, 11) is 6.40. The van der Waals surface area contributed by atoms with Crippen molar-refractivity contribution in [3.63, 3.8) is 0 Å². The number of fused-ring (bicyclic) bond motifs is 2. The van der Waals surface area contributed by atoms with Crippen molar-refractivity contribution in [2.75, 3.05) is 50.5 Å². The van der Waals surface area contributed by atoms with Crippen LogP contribution in [0.3, 0.4) is 0 Å². The first-order valence-electron chi connectivity index (χ1n) is 40.5. The largest absolute Gasteiger partial charge is 0.345 e. The minimum Gasteiger partial charge on any atom is -0.345 e. The van der Waals surface area contributed by atoms with Crippen molar-refractivity contribution in [2.45, 2.75) is 0 Å². The lowest BCUT2D eigenvalue weighted by atomic mass is 9.99. The lowest BCUT2D eigenvalue weighted by Gasteiger charge is -2.25. The molecule has 0 radical (unpaired) electrons. The Hall–Kier alpha value is -15.5. The lowest BCUT2D eigenvalue weighted by Crippen LogP contribution is -2.10. The van der Waals surface area contributed by atoms with Gasteiger partial charge in [0, 0.05) is 112 Å². The highest BCUT2D eigenvalue weighted by molar-refractivity contribution is 6.12. The molecule has 6 nitrogen and oxygen atoms in total. The maximum absolute atomic E-state index is 2.31. The molecule has 119 heavy (non-hydrogen) atoms. The molecule has 0 N–H and O–H groups in total. The zero-order valence-electron chi connectivity index (χ0n) is 66.9. The number of hydrogen-bond acceptors (Lipinski definition) is 6. The quantitative estimate of drug-likeness (QED) is 0.0704. The van der Waals surface area contributed by atoms with E-state index in [1.165, 1.54) is 82.9 Å². The Morgan fingerprint density at radius 2 is 0.311 bits per heavy atom. The summed E-state index contributed by atoms with van der Waals surface area (Å²) in [5, 5.41) is 5.03. The summed E-state index contributed by atoms with van der Waals surface area (Å²) in [6.45, 7) is 0. The third kappa shape index (κ3) is 17.6. The van der Waals surface area contributed by atoms with Gasteiger partial charge in [0.05, 0.1) is 5.69 Å². The topological polar surface area (TPSA) is 19.4 Å². The van der Waals surface area contributed by atoms with Crippen molar-refractivity contribution in [1.29, 1.82) is 0 Å². The van der Waals surface area contributed by atoms with Gasteiger partial charge in [0.15, 0.2) is 0 Å². The second-order valence-corrected chi connectivity index (χ2v) is 29.5. The molecule has 0 saturated carbocycles. The Bertz CT molecular complexity index is 6260. The van der Waals surface area contributed by atoms with Crippen molar-refractivity contribution >= 4 is 107 Å². The normalized spacial score (nSPS) is 10.8. The number of rotatable bonds is 20. The molecule has 0 amide bonds. The molecule has 0 bridgehead atoms. The van der Waals surface area contributed by atoms with Gasteiger partial charge < -0.3 is 29.4 Å². The van der Waals surface area contributed by atoms with E-state index in [2.05, 4.69) is 536 Å². The predicted octanol–water partition coefficient (Wildman–Crippen LogP) is 31.4. The van der Waals surface area contributed by atoms with Crippen LogP contribution < -0.4 is 29.4 Å². The van der Waals surface area contributed by atoms with Gasteiger partial charge in [-0.1, -0.05) is 315 Å². The molecule has 0 atom stereocenters. The van der Waals surface area contributed by atoms with Gasteiger partial charge in [0.2, 0.25) is 0 Å². The standard InChI is InChI=1S/C39H30N2.2C37H30N2/c1-40(39-37-18-10-8-12-31(37)28-32-13-9-11-19-38(32)39)33-24-20-29(21-25-33)30-22-26-36(27-23-30)41(34-14-4-2-5-15-34)35-16-6-3-7-17-35;1-38(37-19-11-14-32(28-37)29-12-5-2-6-13-29)33-24-20-30(21-25-33)31-22-26-36(27-23-31)39(34-15-7-3-8-16-34)35-17-9-4-10-18-35;1-38(33-23-17-30(18-24-33)29-11-5-2-6-12-29)34-25-19-31(20-26-34)32-21-27-37(28-22-32)39(35-13-7-3-8-14-35)36-15-9-4-10-16-36/h2-28H,1H3;2*2-28H,1H3. The van der Waals surface area contributed by atoms with Crippen LogP contribution in [-0.4, -0.2) is 21.1 Å². The Labute approximate surface area is 699 Å². The highest BCUT2D eigenvalue weighted by Crippen LogP contribution is 2.43. The van der Waals surface area contributed by atoms with Crippen molar-refractivity contribution < 1.29 is 0 Å². The minimum atomic E-state index is 1.13. The maximum Gasteiger partial charge on any atom is 0.0567 e. The third-order valence-corrected chi connectivity index (χ3v) is 22.0. The van der Waals surface area contributed by atoms with Crippen LogP contribution in [0.25, 0.3) is 77.2 Å². The Morgan fingerprint density at radius 3 is 0.588 bits per heavy atom. The van der Waals surface area contributed by atoms with E-state index < -0.39 is 0 Å². The zero-order chi connectivity index (χ0) is 80.5. The van der Waals surface area contributed by atoms with E-state index >= 15 is 0 Å². The monoisotopic (exact) mass is 1530 g/mol. The molecule has 0 saturated heterocycles. The zero-order valence-corrected chi connectivity index (χ0v) is 66.9. The predicted molar refractivity (Wildman–Crippen MR) is 509 cm³/mol. The third-order valence-electron chi connectivity index (χ3n) is 22.0. The van der Waals surface area contributed by atoms with E-state index in [9.17, 15) is 0 Å². The van der Waals surface area contributed by atoms with Crippen LogP contribution in [-0.2, 0) is 0 Å². The van der Waals surface area contributed by atoms with E-state index in [1.54, 1.807) is 0 Å². The van der Waals surface area contributed by atoms with Gasteiger partial charge in [0.1, 0.15) is 0 Å². The van der Waals surface area contributed by atoms with Crippen LogP contribution >= 0.6 is 0 Å². The van der Waals surface area contributed by atoms with Gasteiger partial charge in [-0.25, -0.2) is 0 Å². The number of nitrogens with zero attached hydrogens (tertiary/aromatic N) is 6. The fourth-order valence-corrected chi connectivity index (χ4v) is 15.7. The number of para-hydroxylation sites is 6. The van der Waals surface area contributed by atoms with Gasteiger partial charge in [-0.15, -0.1) is 0 Å². The lowest BCUT2D eigenvalue weighted by molar-refractivity contribution is 1.21. The number of benzene rings is 19. The molecule has 6 heteroatoms. The molecular weight excluding hydrogens is 1440 g/mol. The van der Waals surface area contributed by atoms with Crippen molar-refractivity contribution in [3.8, 4) is 55.6 Å². The van der Waals surface area contributed by atoms with E-state index in [4.69, 9.17) is 0 Å².